The van der Waals surface area contributed by atoms with E-state index in [1.165, 1.54) is 5.70 Å². The Kier molecular flexibility index (Phi) is 6.33. The molecule has 2 aromatic carbocycles. The van der Waals surface area contributed by atoms with Crippen LogP contribution in [0.4, 0.5) is 10.2 Å². The molecule has 3 saturated heterocycles. The van der Waals surface area contributed by atoms with E-state index in [1.54, 1.807) is 19.4 Å². The molecule has 4 aliphatic rings. The van der Waals surface area contributed by atoms with Crippen molar-refractivity contribution < 1.29 is 23.3 Å². The average Bonchev–Trinajstić information content (AvgIpc) is 3.73. The molecule has 2 aromatic heterocycles. The molecule has 2 bridgehead atoms. The molecule has 0 N–H and O–H groups in total. The van der Waals surface area contributed by atoms with Gasteiger partial charge in [-0.25, -0.2) is 4.39 Å². The van der Waals surface area contributed by atoms with Crippen LogP contribution in [0, 0.1) is 5.82 Å². The normalized spacial score (nSPS) is 21.6. The van der Waals surface area contributed by atoms with Crippen molar-refractivity contribution in [3.05, 3.63) is 59.9 Å². The van der Waals surface area contributed by atoms with Crippen molar-refractivity contribution in [1.82, 2.24) is 19.9 Å². The first-order valence-corrected chi connectivity index (χ1v) is 14.7. The summed E-state index contributed by atoms with van der Waals surface area (Å²) >= 11 is 0. The number of hydrogen-bond donors (Lipinski definition) is 0. The summed E-state index contributed by atoms with van der Waals surface area (Å²) in [7, 11) is 1.57. The molecule has 10 heteroatoms. The van der Waals surface area contributed by atoms with Gasteiger partial charge in [-0.2, -0.15) is 9.97 Å². The molecule has 0 saturated carbocycles. The van der Waals surface area contributed by atoms with Crippen LogP contribution in [0.25, 0.3) is 32.9 Å². The standard InChI is InChI=1S/C32H32FN5O4/c1-39-18-40-22-13-19-5-2-3-6-23(19)24(14-22)29-28(33)30-25(15-34-29)31(38-16-20-8-9-21(17-38)41-20)36-32(35-30)42-27-10-12-37-11-4-7-26(27)37/h2-3,5-6,13-15,20-21H,4,7-12,16-18H2,1H3. The molecule has 2 atom stereocenters. The van der Waals surface area contributed by atoms with Crippen LogP contribution >= 0.6 is 0 Å². The summed E-state index contributed by atoms with van der Waals surface area (Å²) < 4.78 is 40.1. The molecular weight excluding hydrogens is 537 g/mol. The van der Waals surface area contributed by atoms with Crippen molar-refractivity contribution in [2.75, 3.05) is 45.0 Å². The Morgan fingerprint density at radius 3 is 2.71 bits per heavy atom. The van der Waals surface area contributed by atoms with Gasteiger partial charge in [0.05, 0.1) is 23.3 Å². The summed E-state index contributed by atoms with van der Waals surface area (Å²) in [5.74, 6) is 1.59. The van der Waals surface area contributed by atoms with E-state index < -0.39 is 5.82 Å². The Morgan fingerprint density at radius 1 is 1.00 bits per heavy atom. The molecule has 8 rings (SSSR count). The largest absolute Gasteiger partial charge is 0.468 e. The minimum atomic E-state index is -0.516. The highest BCUT2D eigenvalue weighted by Gasteiger charge is 2.36. The molecule has 0 aliphatic carbocycles. The summed E-state index contributed by atoms with van der Waals surface area (Å²) in [5, 5.41) is 2.34. The van der Waals surface area contributed by atoms with Gasteiger partial charge in [0.2, 0.25) is 0 Å². The number of fused-ring (bicyclic) bond motifs is 5. The first kappa shape index (κ1) is 25.7. The van der Waals surface area contributed by atoms with Crippen molar-refractivity contribution in [1.29, 1.82) is 0 Å². The van der Waals surface area contributed by atoms with Gasteiger partial charge in [0.1, 0.15) is 28.5 Å². The zero-order chi connectivity index (χ0) is 28.2. The van der Waals surface area contributed by atoms with E-state index in [-0.39, 0.29) is 36.2 Å². The number of pyridine rings is 1. The molecule has 6 heterocycles. The number of ether oxygens (including phenoxy) is 4. The summed E-state index contributed by atoms with van der Waals surface area (Å²) in [6.07, 6.45) is 6.92. The van der Waals surface area contributed by atoms with Gasteiger partial charge in [-0.15, -0.1) is 0 Å². The van der Waals surface area contributed by atoms with Gasteiger partial charge in [0.15, 0.2) is 12.6 Å². The zero-order valence-corrected chi connectivity index (χ0v) is 23.5. The maximum Gasteiger partial charge on any atom is 0.324 e. The SMILES string of the molecule is COCOc1cc(-c2ncc3c(N4CC5CCC(C4)O5)nc(OC4=C5CCCN5CC4)nc3c2F)c2ccccc2c1. The Balaban J connectivity index is 1.28. The third kappa shape index (κ3) is 4.40. The van der Waals surface area contributed by atoms with Crippen LogP contribution in [0.3, 0.4) is 0 Å². The van der Waals surface area contributed by atoms with E-state index in [9.17, 15) is 0 Å². The number of halogens is 1. The van der Waals surface area contributed by atoms with Gasteiger partial charge < -0.3 is 28.7 Å². The Hall–Kier alpha value is -4.02. The number of benzene rings is 2. The van der Waals surface area contributed by atoms with Gasteiger partial charge in [-0.05, 0) is 48.6 Å². The maximum absolute atomic E-state index is 16.8. The highest BCUT2D eigenvalue weighted by atomic mass is 19.1. The second-order valence-corrected chi connectivity index (χ2v) is 11.4. The molecule has 0 spiro atoms. The number of rotatable bonds is 7. The van der Waals surface area contributed by atoms with Crippen LogP contribution in [0.1, 0.15) is 32.1 Å². The fourth-order valence-corrected chi connectivity index (χ4v) is 6.87. The van der Waals surface area contributed by atoms with Crippen molar-refractivity contribution >= 4 is 27.5 Å². The van der Waals surface area contributed by atoms with Crippen molar-refractivity contribution in [3.63, 3.8) is 0 Å². The molecule has 42 heavy (non-hydrogen) atoms. The van der Waals surface area contributed by atoms with Crippen LogP contribution in [-0.2, 0) is 9.47 Å². The number of morpholine rings is 1. The lowest BCUT2D eigenvalue weighted by Crippen LogP contribution is -2.43. The van der Waals surface area contributed by atoms with Gasteiger partial charge in [0.25, 0.3) is 0 Å². The molecule has 9 nitrogen and oxygen atoms in total. The number of methoxy groups -OCH3 is 1. The van der Waals surface area contributed by atoms with Crippen molar-refractivity contribution in [2.24, 2.45) is 0 Å². The van der Waals surface area contributed by atoms with Gasteiger partial charge in [-0.3, -0.25) is 4.98 Å². The highest BCUT2D eigenvalue weighted by molar-refractivity contribution is 6.00. The van der Waals surface area contributed by atoms with Crippen LogP contribution in [0.5, 0.6) is 11.8 Å². The molecule has 0 amide bonds. The average molecular weight is 570 g/mol. The Labute approximate surface area is 242 Å². The quantitative estimate of drug-likeness (QED) is 0.271. The van der Waals surface area contributed by atoms with E-state index in [2.05, 4.69) is 19.8 Å². The number of hydrogen-bond acceptors (Lipinski definition) is 9. The van der Waals surface area contributed by atoms with Crippen molar-refractivity contribution in [3.8, 4) is 23.0 Å². The Morgan fingerprint density at radius 2 is 1.86 bits per heavy atom. The molecular formula is C32H32FN5O4. The van der Waals surface area contributed by atoms with E-state index >= 15 is 4.39 Å². The molecule has 4 aromatic rings. The fourth-order valence-electron chi connectivity index (χ4n) is 6.87. The summed E-state index contributed by atoms with van der Waals surface area (Å²) in [5.41, 5.74) is 2.23. The number of allylic oxidation sites excluding steroid dienone is 1. The lowest BCUT2D eigenvalue weighted by molar-refractivity contribution is 0.0303. The predicted octanol–water partition coefficient (Wildman–Crippen LogP) is 5.42. The molecule has 2 unspecified atom stereocenters. The van der Waals surface area contributed by atoms with Gasteiger partial charge >= 0.3 is 6.01 Å². The number of anilines is 1. The third-order valence-electron chi connectivity index (χ3n) is 8.79. The second-order valence-electron chi connectivity index (χ2n) is 11.4. The summed E-state index contributed by atoms with van der Waals surface area (Å²) in [6.45, 7) is 3.45. The molecule has 216 valence electrons. The smallest absolute Gasteiger partial charge is 0.324 e. The number of aromatic nitrogens is 3. The fraction of sp³-hybridized carbons (Fsp3) is 0.406. The van der Waals surface area contributed by atoms with E-state index in [4.69, 9.17) is 23.9 Å². The molecule has 4 aliphatic heterocycles. The zero-order valence-electron chi connectivity index (χ0n) is 23.5. The summed E-state index contributed by atoms with van der Waals surface area (Å²) in [4.78, 5) is 18.8. The first-order valence-electron chi connectivity index (χ1n) is 14.7. The Bertz CT molecular complexity index is 1720. The van der Waals surface area contributed by atoms with Crippen LogP contribution in [0.15, 0.2) is 54.1 Å². The van der Waals surface area contributed by atoms with Crippen LogP contribution < -0.4 is 14.4 Å². The second kappa shape index (κ2) is 10.4. The van der Waals surface area contributed by atoms with E-state index in [0.29, 0.717) is 35.6 Å². The lowest BCUT2D eigenvalue weighted by Gasteiger charge is -2.33. The van der Waals surface area contributed by atoms with E-state index in [0.717, 1.165) is 61.7 Å². The van der Waals surface area contributed by atoms with Crippen molar-refractivity contribution in [2.45, 2.75) is 44.3 Å². The first-order chi connectivity index (χ1) is 20.6. The summed E-state index contributed by atoms with van der Waals surface area (Å²) in [6, 6.07) is 11.7. The highest BCUT2D eigenvalue weighted by Crippen LogP contribution is 2.39. The minimum Gasteiger partial charge on any atom is -0.468 e. The topological polar surface area (TPSA) is 82.1 Å². The predicted molar refractivity (Wildman–Crippen MR) is 156 cm³/mol. The molecule has 0 radical (unpaired) electrons. The molecule has 3 fully saturated rings. The maximum atomic E-state index is 16.8. The third-order valence-corrected chi connectivity index (χ3v) is 8.79. The lowest BCUT2D eigenvalue weighted by atomic mass is 10.00. The monoisotopic (exact) mass is 569 g/mol. The van der Waals surface area contributed by atoms with Gasteiger partial charge in [0, 0.05) is 51.5 Å². The van der Waals surface area contributed by atoms with Crippen LogP contribution in [0.2, 0.25) is 0 Å². The minimum absolute atomic E-state index is 0.0828. The van der Waals surface area contributed by atoms with Crippen LogP contribution in [-0.4, -0.2) is 72.1 Å². The number of nitrogens with zero attached hydrogens (tertiary/aromatic N) is 5. The van der Waals surface area contributed by atoms with E-state index in [1.807, 2.05) is 30.3 Å². The van der Waals surface area contributed by atoms with Gasteiger partial charge in [-0.1, -0.05) is 24.3 Å².